The molecular weight excluding hydrogens is 351 g/mol. The maximum Gasteiger partial charge on any atom is 0.251 e. The van der Waals surface area contributed by atoms with Gasteiger partial charge in [0, 0.05) is 51.9 Å². The number of carbonyl (C=O) groups excluding carboxylic acids is 1. The van der Waals surface area contributed by atoms with E-state index in [2.05, 4.69) is 15.2 Å². The highest BCUT2D eigenvalue weighted by atomic mass is 19.1. The molecule has 27 heavy (non-hydrogen) atoms. The van der Waals surface area contributed by atoms with Gasteiger partial charge in [-0.15, -0.1) is 0 Å². The van der Waals surface area contributed by atoms with Crippen molar-refractivity contribution in [2.75, 3.05) is 39.8 Å². The second-order valence-corrected chi connectivity index (χ2v) is 6.80. The number of aliphatic hydroxyl groups excluding tert-OH is 1. The van der Waals surface area contributed by atoms with Crippen LogP contribution in [0.5, 0.6) is 0 Å². The van der Waals surface area contributed by atoms with Gasteiger partial charge < -0.3 is 25.0 Å². The molecule has 0 aliphatic carbocycles. The number of hydrogen-bond acceptors (Lipinski definition) is 4. The fourth-order valence-electron chi connectivity index (χ4n) is 3.49. The Morgan fingerprint density at radius 1 is 1.33 bits per heavy atom. The number of rotatable bonds is 4. The summed E-state index contributed by atoms with van der Waals surface area (Å²) in [7, 11) is 1.72. The van der Waals surface area contributed by atoms with E-state index in [1.54, 1.807) is 19.2 Å². The first kappa shape index (κ1) is 19.6. The summed E-state index contributed by atoms with van der Waals surface area (Å²) in [5, 5.41) is 12.5. The van der Waals surface area contributed by atoms with Gasteiger partial charge in [0.1, 0.15) is 11.9 Å². The fraction of sp³-hybridized carbons (Fsp3) is 0.579. The number of carbonyl (C=O) groups is 1. The van der Waals surface area contributed by atoms with E-state index in [1.807, 2.05) is 4.90 Å². The Labute approximate surface area is 158 Å². The van der Waals surface area contributed by atoms with Gasteiger partial charge in [-0.2, -0.15) is 0 Å². The number of amides is 1. The highest BCUT2D eigenvalue weighted by Gasteiger charge is 2.30. The summed E-state index contributed by atoms with van der Waals surface area (Å²) >= 11 is 0. The minimum Gasteiger partial charge on any atom is -0.392 e. The first-order chi connectivity index (χ1) is 13.1. The van der Waals surface area contributed by atoms with Gasteiger partial charge >= 0.3 is 0 Å². The lowest BCUT2D eigenvalue weighted by molar-refractivity contribution is -0.142. The van der Waals surface area contributed by atoms with E-state index in [0.717, 1.165) is 24.4 Å². The Bertz CT molecular complexity index is 684. The van der Waals surface area contributed by atoms with Gasteiger partial charge in [0.2, 0.25) is 0 Å². The molecule has 2 heterocycles. The molecule has 2 aliphatic heterocycles. The Kier molecular flexibility index (Phi) is 6.63. The number of nitrogens with one attached hydrogen (secondary N) is 1. The fourth-order valence-corrected chi connectivity index (χ4v) is 3.49. The normalized spacial score (nSPS) is 20.9. The molecule has 8 heteroatoms. The Balaban J connectivity index is 1.51. The van der Waals surface area contributed by atoms with Crippen molar-refractivity contribution in [1.29, 1.82) is 0 Å². The van der Waals surface area contributed by atoms with Crippen molar-refractivity contribution in [1.82, 2.24) is 15.1 Å². The number of aliphatic hydroxyl groups is 1. The zero-order valence-electron chi connectivity index (χ0n) is 15.7. The maximum absolute atomic E-state index is 13.5. The monoisotopic (exact) mass is 378 g/mol. The smallest absolute Gasteiger partial charge is 0.251 e. The molecule has 148 valence electrons. The molecule has 0 bridgehead atoms. The number of ether oxygens (including phenoxy) is 1. The molecule has 0 saturated carbocycles. The molecule has 1 aromatic rings. The van der Waals surface area contributed by atoms with Crippen LogP contribution in [0.15, 0.2) is 23.2 Å². The van der Waals surface area contributed by atoms with Crippen molar-refractivity contribution in [3.05, 3.63) is 35.1 Å². The van der Waals surface area contributed by atoms with E-state index in [-0.39, 0.29) is 24.2 Å². The van der Waals surface area contributed by atoms with Gasteiger partial charge in [0.25, 0.3) is 5.91 Å². The van der Waals surface area contributed by atoms with Crippen LogP contribution in [0.3, 0.4) is 0 Å². The molecule has 1 amide bonds. The van der Waals surface area contributed by atoms with Gasteiger partial charge in [-0.3, -0.25) is 9.79 Å². The summed E-state index contributed by atoms with van der Waals surface area (Å²) in [6, 6.07) is 4.70. The van der Waals surface area contributed by atoms with E-state index in [9.17, 15) is 14.3 Å². The summed E-state index contributed by atoms with van der Waals surface area (Å²) < 4.78 is 19.0. The van der Waals surface area contributed by atoms with E-state index >= 15 is 0 Å². The lowest BCUT2D eigenvalue weighted by Gasteiger charge is -2.37. The molecule has 2 aliphatic rings. The molecule has 2 N–H and O–H groups in total. The van der Waals surface area contributed by atoms with Crippen LogP contribution in [0.2, 0.25) is 0 Å². The summed E-state index contributed by atoms with van der Waals surface area (Å²) in [6.45, 7) is 3.51. The highest BCUT2D eigenvalue weighted by molar-refractivity contribution is 5.82. The van der Waals surface area contributed by atoms with Crippen molar-refractivity contribution in [3.8, 4) is 0 Å². The lowest BCUT2D eigenvalue weighted by atomic mass is 10.1. The van der Waals surface area contributed by atoms with E-state index in [1.165, 1.54) is 6.07 Å². The molecule has 1 unspecified atom stereocenters. The number of nitrogens with zero attached hydrogens (tertiary/aromatic N) is 3. The maximum atomic E-state index is 13.5. The summed E-state index contributed by atoms with van der Waals surface area (Å²) in [5.41, 5.74) is 1.15. The van der Waals surface area contributed by atoms with Crippen LogP contribution < -0.4 is 5.32 Å². The number of hydrogen-bond donors (Lipinski definition) is 2. The third-order valence-electron chi connectivity index (χ3n) is 5.04. The van der Waals surface area contributed by atoms with Crippen LogP contribution in [0.25, 0.3) is 0 Å². The zero-order chi connectivity index (χ0) is 19.2. The third-order valence-corrected chi connectivity index (χ3v) is 5.04. The highest BCUT2D eigenvalue weighted by Crippen LogP contribution is 2.16. The Morgan fingerprint density at radius 3 is 2.70 bits per heavy atom. The number of benzene rings is 1. The first-order valence-electron chi connectivity index (χ1n) is 9.36. The largest absolute Gasteiger partial charge is 0.392 e. The molecule has 0 aromatic heterocycles. The van der Waals surface area contributed by atoms with Crippen molar-refractivity contribution >= 4 is 11.9 Å². The summed E-state index contributed by atoms with van der Waals surface area (Å²) in [4.78, 5) is 20.7. The van der Waals surface area contributed by atoms with Crippen LogP contribution in [0, 0.1) is 5.82 Å². The van der Waals surface area contributed by atoms with Crippen LogP contribution >= 0.6 is 0 Å². The predicted molar refractivity (Wildman–Crippen MR) is 99.6 cm³/mol. The van der Waals surface area contributed by atoms with Crippen LogP contribution in [-0.2, 0) is 22.7 Å². The van der Waals surface area contributed by atoms with Crippen LogP contribution in [0.4, 0.5) is 4.39 Å². The van der Waals surface area contributed by atoms with Crippen LogP contribution in [-0.4, -0.2) is 72.7 Å². The van der Waals surface area contributed by atoms with Crippen molar-refractivity contribution < 1.29 is 19.0 Å². The van der Waals surface area contributed by atoms with Crippen LogP contribution in [0.1, 0.15) is 24.0 Å². The topological polar surface area (TPSA) is 77.4 Å². The van der Waals surface area contributed by atoms with Crippen molar-refractivity contribution in [3.63, 3.8) is 0 Å². The minimum absolute atomic E-state index is 0.0953. The number of halogens is 1. The van der Waals surface area contributed by atoms with E-state index in [0.29, 0.717) is 39.3 Å². The quantitative estimate of drug-likeness (QED) is 0.596. The van der Waals surface area contributed by atoms with Crippen molar-refractivity contribution in [2.24, 2.45) is 4.99 Å². The van der Waals surface area contributed by atoms with Gasteiger partial charge in [-0.1, -0.05) is 6.07 Å². The molecule has 0 radical (unpaired) electrons. The number of piperazine rings is 1. The predicted octanol–water partition coefficient (Wildman–Crippen LogP) is 0.717. The Morgan fingerprint density at radius 2 is 2.07 bits per heavy atom. The zero-order valence-corrected chi connectivity index (χ0v) is 15.7. The Hall–Kier alpha value is -2.19. The SMILES string of the molecule is CN=C(NCc1ccc(F)c(CO)c1)N1CCN(C(=O)C2CCCO2)CC1. The minimum atomic E-state index is -0.405. The van der Waals surface area contributed by atoms with Gasteiger partial charge in [0.05, 0.1) is 6.61 Å². The average Bonchev–Trinajstić information content (AvgIpc) is 3.24. The van der Waals surface area contributed by atoms with Gasteiger partial charge in [0.15, 0.2) is 5.96 Å². The van der Waals surface area contributed by atoms with E-state index in [4.69, 9.17) is 4.74 Å². The molecule has 3 rings (SSSR count). The first-order valence-corrected chi connectivity index (χ1v) is 9.36. The summed E-state index contributed by atoms with van der Waals surface area (Å²) in [5.74, 6) is 0.435. The van der Waals surface area contributed by atoms with Gasteiger partial charge in [-0.05, 0) is 30.5 Å². The molecule has 2 fully saturated rings. The summed E-state index contributed by atoms with van der Waals surface area (Å²) in [6.07, 6.45) is 1.50. The molecular formula is C19H27FN4O3. The molecule has 1 aromatic carbocycles. The van der Waals surface area contributed by atoms with Crippen molar-refractivity contribution in [2.45, 2.75) is 32.1 Å². The molecule has 7 nitrogen and oxygen atoms in total. The second-order valence-electron chi connectivity index (χ2n) is 6.80. The molecule has 0 spiro atoms. The third kappa shape index (κ3) is 4.75. The molecule has 1 atom stereocenters. The standard InChI is InChI=1S/C19H27FN4O3/c1-21-19(22-12-14-4-5-16(20)15(11-14)13-25)24-8-6-23(7-9-24)18(26)17-3-2-10-27-17/h4-5,11,17,25H,2-3,6-10,12-13H2,1H3,(H,21,22). The van der Waals surface area contributed by atoms with E-state index < -0.39 is 5.82 Å². The molecule has 2 saturated heterocycles. The second kappa shape index (κ2) is 9.14. The van der Waals surface area contributed by atoms with Gasteiger partial charge in [-0.25, -0.2) is 4.39 Å². The number of guanidine groups is 1. The number of aliphatic imine (C=N–C) groups is 1. The average molecular weight is 378 g/mol. The lowest BCUT2D eigenvalue weighted by Crippen LogP contribution is -2.55.